The van der Waals surface area contributed by atoms with E-state index in [4.69, 9.17) is 12.2 Å². The Balaban J connectivity index is 0.00000289. The van der Waals surface area contributed by atoms with Crippen LogP contribution in [0.15, 0.2) is 52.3 Å². The van der Waals surface area contributed by atoms with Crippen molar-refractivity contribution in [1.82, 2.24) is 10.2 Å². The van der Waals surface area contributed by atoms with Crippen molar-refractivity contribution in [2.45, 2.75) is 62.8 Å². The predicted octanol–water partition coefficient (Wildman–Crippen LogP) is 6.90. The van der Waals surface area contributed by atoms with Crippen molar-refractivity contribution in [3.05, 3.63) is 48.0 Å². The molecule has 2 aromatic carbocycles. The van der Waals surface area contributed by atoms with Crippen LogP contribution in [0.4, 0.5) is 11.4 Å². The Morgan fingerprint density at radius 1 is 1.06 bits per heavy atom. The van der Waals surface area contributed by atoms with E-state index >= 15 is 0 Å². The number of benzene rings is 2. The number of likely N-dealkylation sites (tertiary alicyclic amines) is 1. The van der Waals surface area contributed by atoms with E-state index in [2.05, 4.69) is 85.3 Å². The third-order valence-corrected chi connectivity index (χ3v) is 7.66. The summed E-state index contributed by atoms with van der Waals surface area (Å²) < 4.78 is 0. The first-order chi connectivity index (χ1) is 14.8. The summed E-state index contributed by atoms with van der Waals surface area (Å²) in [6, 6.07) is 15.9. The van der Waals surface area contributed by atoms with E-state index in [1.807, 2.05) is 11.8 Å². The Kier molecular flexibility index (Phi) is 8.53. The van der Waals surface area contributed by atoms with Crippen molar-refractivity contribution < 1.29 is 0 Å². The minimum Gasteiger partial charge on any atom is -0.376 e. The van der Waals surface area contributed by atoms with Gasteiger partial charge in [-0.3, -0.25) is 0 Å². The molecule has 0 saturated carbocycles. The van der Waals surface area contributed by atoms with E-state index in [-0.39, 0.29) is 12.4 Å². The van der Waals surface area contributed by atoms with Gasteiger partial charge in [0.05, 0.1) is 11.4 Å². The number of rotatable bonds is 6. The number of hydrogen-bond acceptors (Lipinski definition) is 4. The zero-order chi connectivity index (χ0) is 22.0. The molecule has 2 aliphatic heterocycles. The van der Waals surface area contributed by atoms with Gasteiger partial charge in [0.2, 0.25) is 0 Å². The normalized spacial score (nSPS) is 16.7. The molecule has 1 saturated heterocycles. The quantitative estimate of drug-likeness (QED) is 0.443. The lowest BCUT2D eigenvalue weighted by atomic mass is 9.92. The monoisotopic (exact) mass is 489 g/mol. The minimum absolute atomic E-state index is 0. The van der Waals surface area contributed by atoms with Crippen LogP contribution in [0, 0.1) is 5.41 Å². The lowest BCUT2D eigenvalue weighted by Crippen LogP contribution is -2.40. The van der Waals surface area contributed by atoms with Gasteiger partial charge in [0.25, 0.3) is 0 Å². The topological polar surface area (TPSA) is 18.5 Å². The van der Waals surface area contributed by atoms with Crippen molar-refractivity contribution in [3.63, 3.8) is 0 Å². The molecule has 0 aliphatic carbocycles. The lowest BCUT2D eigenvalue weighted by molar-refractivity contribution is 0.319. The van der Waals surface area contributed by atoms with Crippen LogP contribution < -0.4 is 10.2 Å². The molecule has 32 heavy (non-hydrogen) atoms. The van der Waals surface area contributed by atoms with Crippen LogP contribution in [-0.4, -0.2) is 42.1 Å². The molecule has 6 heteroatoms. The Bertz CT molecular complexity index is 935. The third kappa shape index (κ3) is 5.99. The summed E-state index contributed by atoms with van der Waals surface area (Å²) in [5.41, 5.74) is 4.02. The molecule has 0 spiro atoms. The Hall–Kier alpha value is -1.27. The third-order valence-electron chi connectivity index (χ3n) is 6.15. The predicted molar refractivity (Wildman–Crippen MR) is 145 cm³/mol. The highest BCUT2D eigenvalue weighted by Crippen LogP contribution is 2.49. The van der Waals surface area contributed by atoms with Crippen LogP contribution in [0.2, 0.25) is 0 Å². The van der Waals surface area contributed by atoms with E-state index < -0.39 is 0 Å². The van der Waals surface area contributed by atoms with E-state index in [9.17, 15) is 0 Å². The second-order valence-electron chi connectivity index (χ2n) is 10.0. The van der Waals surface area contributed by atoms with Gasteiger partial charge >= 0.3 is 0 Å². The van der Waals surface area contributed by atoms with Gasteiger partial charge in [-0.1, -0.05) is 63.0 Å². The second-order valence-corrected chi connectivity index (χ2v) is 11.5. The molecule has 2 aliphatic rings. The molecule has 1 atom stereocenters. The Morgan fingerprint density at radius 3 is 2.47 bits per heavy atom. The van der Waals surface area contributed by atoms with Crippen LogP contribution in [0.25, 0.3) is 0 Å². The van der Waals surface area contributed by atoms with Crippen molar-refractivity contribution in [2.75, 3.05) is 31.1 Å². The number of thiocarbonyl (C=S) groups is 1. The summed E-state index contributed by atoms with van der Waals surface area (Å²) in [6.07, 6.45) is 3.75. The molecular formula is C26H36ClN3S2. The molecule has 2 heterocycles. The van der Waals surface area contributed by atoms with E-state index in [0.29, 0.717) is 11.5 Å². The number of halogens is 1. The maximum absolute atomic E-state index is 5.77. The van der Waals surface area contributed by atoms with Crippen LogP contribution in [0.1, 0.15) is 52.5 Å². The van der Waals surface area contributed by atoms with Crippen LogP contribution in [0.3, 0.4) is 0 Å². The second kappa shape index (κ2) is 10.8. The molecule has 174 valence electrons. The van der Waals surface area contributed by atoms with E-state index in [0.717, 1.165) is 30.1 Å². The fourth-order valence-corrected chi connectivity index (χ4v) is 5.75. The number of nitrogens with zero attached hydrogens (tertiary/aromatic N) is 2. The first-order valence-corrected chi connectivity index (χ1v) is 12.7. The number of nitrogens with one attached hydrogen (secondary N) is 1. The van der Waals surface area contributed by atoms with Crippen LogP contribution >= 0.6 is 36.4 Å². The summed E-state index contributed by atoms with van der Waals surface area (Å²) in [5.74, 6) is 0. The number of hydrogen-bond donors (Lipinski definition) is 1. The molecule has 1 unspecified atom stereocenters. The van der Waals surface area contributed by atoms with Crippen molar-refractivity contribution in [2.24, 2.45) is 5.41 Å². The van der Waals surface area contributed by atoms with Gasteiger partial charge in [-0.25, -0.2) is 0 Å². The molecule has 1 N–H and O–H groups in total. The first-order valence-electron chi connectivity index (χ1n) is 11.5. The number of anilines is 2. The lowest BCUT2D eigenvalue weighted by Gasteiger charge is -2.39. The number of para-hydroxylation sites is 1. The average Bonchev–Trinajstić information content (AvgIpc) is 3.23. The van der Waals surface area contributed by atoms with Gasteiger partial charge in [0, 0.05) is 34.5 Å². The standard InChI is InChI=1S/C26H35N3S2.ClH/c1-19(18-28-15-7-8-16-28)29-21-9-5-6-10-23(21)31-24-12-11-20(17-22(24)29)25(30)27-14-13-26(2,3)4;/h5-6,9-12,17,19H,7-8,13-16,18H2,1-4H3,(H,27,30);1H. The molecule has 1 fully saturated rings. The fourth-order valence-electron chi connectivity index (χ4n) is 4.47. The maximum Gasteiger partial charge on any atom is 0.106 e. The highest BCUT2D eigenvalue weighted by atomic mass is 35.5. The summed E-state index contributed by atoms with van der Waals surface area (Å²) >= 11 is 7.64. The van der Waals surface area contributed by atoms with Gasteiger partial charge < -0.3 is 15.1 Å². The van der Waals surface area contributed by atoms with Gasteiger partial charge in [-0.05, 0) is 69.0 Å². The molecule has 0 radical (unpaired) electrons. The highest BCUT2D eigenvalue weighted by Gasteiger charge is 2.29. The molecule has 0 bridgehead atoms. The summed E-state index contributed by atoms with van der Waals surface area (Å²) in [7, 11) is 0. The Morgan fingerprint density at radius 2 is 1.75 bits per heavy atom. The van der Waals surface area contributed by atoms with Crippen molar-refractivity contribution >= 4 is 52.8 Å². The van der Waals surface area contributed by atoms with E-state index in [1.54, 1.807) is 0 Å². The van der Waals surface area contributed by atoms with E-state index in [1.165, 1.54) is 47.1 Å². The number of fused-ring (bicyclic) bond motifs is 2. The minimum atomic E-state index is 0. The SMILES string of the molecule is CC(CN1CCCC1)N1c2ccccc2Sc2ccc(C(=S)NCCC(C)(C)C)cc21.Cl. The average molecular weight is 490 g/mol. The Labute approximate surface area is 209 Å². The molecule has 0 aromatic heterocycles. The molecule has 3 nitrogen and oxygen atoms in total. The summed E-state index contributed by atoms with van der Waals surface area (Å²) in [4.78, 5) is 8.65. The maximum atomic E-state index is 5.77. The van der Waals surface area contributed by atoms with Crippen molar-refractivity contribution in [1.29, 1.82) is 0 Å². The van der Waals surface area contributed by atoms with Crippen molar-refractivity contribution in [3.8, 4) is 0 Å². The summed E-state index contributed by atoms with van der Waals surface area (Å²) in [6.45, 7) is 13.6. The first kappa shape index (κ1) is 25.4. The molecule has 0 amide bonds. The highest BCUT2D eigenvalue weighted by molar-refractivity contribution is 7.99. The fraction of sp³-hybridized carbons (Fsp3) is 0.500. The van der Waals surface area contributed by atoms with Gasteiger partial charge in [0.1, 0.15) is 4.99 Å². The van der Waals surface area contributed by atoms with Gasteiger partial charge in [-0.15, -0.1) is 12.4 Å². The van der Waals surface area contributed by atoms with Gasteiger partial charge in [0.15, 0.2) is 0 Å². The van der Waals surface area contributed by atoms with Gasteiger partial charge in [-0.2, -0.15) is 0 Å². The smallest absolute Gasteiger partial charge is 0.106 e. The molecule has 2 aromatic rings. The van der Waals surface area contributed by atoms with Crippen LogP contribution in [-0.2, 0) is 0 Å². The molecular weight excluding hydrogens is 454 g/mol. The molecule has 4 rings (SSSR count). The largest absolute Gasteiger partial charge is 0.376 e. The van der Waals surface area contributed by atoms with Crippen LogP contribution in [0.5, 0.6) is 0 Å². The zero-order valence-electron chi connectivity index (χ0n) is 19.7. The zero-order valence-corrected chi connectivity index (χ0v) is 22.1. The summed E-state index contributed by atoms with van der Waals surface area (Å²) in [5, 5.41) is 3.48.